The van der Waals surface area contributed by atoms with Crippen molar-refractivity contribution >= 4 is 70.7 Å². The molecule has 9 atom stereocenters. The van der Waals surface area contributed by atoms with Crippen molar-refractivity contribution in [3.63, 3.8) is 0 Å². The molecule has 6 aliphatic carbocycles. The lowest BCUT2D eigenvalue weighted by Crippen LogP contribution is -2.49. The quantitative estimate of drug-likeness (QED) is 0.137. The van der Waals surface area contributed by atoms with Gasteiger partial charge in [-0.1, -0.05) is 62.3 Å². The van der Waals surface area contributed by atoms with E-state index in [9.17, 15) is 14.4 Å². The van der Waals surface area contributed by atoms with E-state index in [-0.39, 0.29) is 104 Å². The van der Waals surface area contributed by atoms with Crippen LogP contribution in [0.1, 0.15) is 151 Å². The number of benzene rings is 3. The van der Waals surface area contributed by atoms with Gasteiger partial charge in [0, 0.05) is 49.6 Å². The molecule has 3 aromatic carbocycles. The molecule has 6 saturated carbocycles. The van der Waals surface area contributed by atoms with Crippen LogP contribution in [0.2, 0.25) is 0 Å². The Hall–Kier alpha value is -6.71. The number of anilines is 3. The zero-order valence-corrected chi connectivity index (χ0v) is 43.3. The van der Waals surface area contributed by atoms with Gasteiger partial charge in [0.2, 0.25) is 35.8 Å². The van der Waals surface area contributed by atoms with Crippen molar-refractivity contribution < 1.29 is 28.6 Å². The Morgan fingerprint density at radius 3 is 0.918 bits per heavy atom. The molecule has 6 fully saturated rings. The van der Waals surface area contributed by atoms with Gasteiger partial charge in [-0.15, -0.1) is 0 Å². The molecule has 16 nitrogen and oxygen atoms in total. The Labute approximate surface area is 426 Å². The summed E-state index contributed by atoms with van der Waals surface area (Å²) in [6, 6.07) is 21.2. The molecule has 12 rings (SSSR count). The van der Waals surface area contributed by atoms with E-state index in [4.69, 9.17) is 44.2 Å². The van der Waals surface area contributed by atoms with E-state index in [1.807, 2.05) is 0 Å². The van der Waals surface area contributed by atoms with Gasteiger partial charge in [0.05, 0.1) is 16.7 Å². The number of nitrogens with zero attached hydrogens (tertiary/aromatic N) is 7. The normalized spacial score (nSPS) is 33.1. The smallest absolute Gasteiger partial charge is 0.338 e. The highest BCUT2D eigenvalue weighted by Crippen LogP contribution is 2.66. The molecule has 0 radical (unpaired) electrons. The molecule has 0 spiro atoms. The monoisotopic (exact) mass is 987 g/mol. The summed E-state index contributed by atoms with van der Waals surface area (Å²) in [6.07, 6.45) is 9.57. The summed E-state index contributed by atoms with van der Waals surface area (Å²) >= 11 is 0. The van der Waals surface area contributed by atoms with E-state index < -0.39 is 0 Å². The molecule has 9 aliphatic rings. The third-order valence-corrected chi connectivity index (χ3v) is 19.1. The van der Waals surface area contributed by atoms with Crippen molar-refractivity contribution in [2.45, 2.75) is 138 Å². The third-order valence-electron chi connectivity index (χ3n) is 19.1. The summed E-state index contributed by atoms with van der Waals surface area (Å²) in [6.45, 7) is 20.1. The summed E-state index contributed by atoms with van der Waals surface area (Å²) in [4.78, 5) is 70.8. The van der Waals surface area contributed by atoms with Gasteiger partial charge < -0.3 is 30.2 Å². The van der Waals surface area contributed by atoms with Gasteiger partial charge in [-0.3, -0.25) is 0 Å². The number of carbonyl (C=O) groups is 3. The van der Waals surface area contributed by atoms with Crippen LogP contribution < -0.4 is 16.0 Å². The number of esters is 3. The van der Waals surface area contributed by atoms with Crippen LogP contribution in [0.5, 0.6) is 0 Å². The Kier molecular flexibility index (Phi) is 10.6. The molecular formula is C57H66N10O6. The van der Waals surface area contributed by atoms with E-state index in [0.717, 1.165) is 38.5 Å². The van der Waals surface area contributed by atoms with Gasteiger partial charge in [0.15, 0.2) is 0 Å². The number of hydrogen-bond donors (Lipinski definition) is 3. The minimum Gasteiger partial charge on any atom is -0.458 e. The number of fused-ring (bicyclic) bond motifs is 6. The number of hydrogen-bond acceptors (Lipinski definition) is 16. The van der Waals surface area contributed by atoms with E-state index in [0.29, 0.717) is 51.5 Å². The summed E-state index contributed by atoms with van der Waals surface area (Å²) in [7, 11) is 0. The summed E-state index contributed by atoms with van der Waals surface area (Å²) < 4.78 is 18.8. The first-order chi connectivity index (χ1) is 34.6. The fraction of sp³-hybridized carbons (Fsp3) is 0.526. The minimum absolute atomic E-state index is 0.00267. The SMILES string of the molecule is CC12CCC(C1)C(C)(C)C2OC(=O)c1ccc(NC2=NC3=NC(Nc4ccc(C(=O)OC5C6(C)CCC(C6)C5(C)C)cc4)=NC4=NC(Nc5ccc(C(=O)OC6C7(C)CCC(C7)C6(C)C)cc5)=NC(=N2)N34)cc1. The summed E-state index contributed by atoms with van der Waals surface area (Å²) in [5.74, 6) is 1.82. The van der Waals surface area contributed by atoms with Crippen LogP contribution in [0, 0.1) is 50.2 Å². The predicted octanol–water partition coefficient (Wildman–Crippen LogP) is 10.9. The van der Waals surface area contributed by atoms with E-state index >= 15 is 0 Å². The van der Waals surface area contributed by atoms with Crippen LogP contribution in [0.15, 0.2) is 103 Å². The molecule has 6 bridgehead atoms. The number of nitrogens with one attached hydrogen (secondary N) is 3. The van der Waals surface area contributed by atoms with Crippen molar-refractivity contribution in [2.75, 3.05) is 16.0 Å². The Bertz CT molecular complexity index is 2690. The van der Waals surface area contributed by atoms with E-state index in [2.05, 4.69) is 78.3 Å². The van der Waals surface area contributed by atoms with Crippen molar-refractivity contribution in [2.24, 2.45) is 80.2 Å². The fourth-order valence-corrected chi connectivity index (χ4v) is 15.1. The highest BCUT2D eigenvalue weighted by atomic mass is 16.6. The molecule has 3 aliphatic heterocycles. The molecule has 16 heteroatoms. The maximum atomic E-state index is 13.5. The third kappa shape index (κ3) is 7.87. The van der Waals surface area contributed by atoms with Gasteiger partial charge in [-0.25, -0.2) is 19.3 Å². The molecular weight excluding hydrogens is 921 g/mol. The number of rotatable bonds is 9. The average molecular weight is 987 g/mol. The average Bonchev–Trinajstić information content (AvgIpc) is 4.17. The Morgan fingerprint density at radius 1 is 0.425 bits per heavy atom. The molecule has 0 saturated heterocycles. The highest BCUT2D eigenvalue weighted by Gasteiger charge is 2.63. The first-order valence-corrected chi connectivity index (χ1v) is 26.2. The molecule has 0 amide bonds. The van der Waals surface area contributed by atoms with Gasteiger partial charge >= 0.3 is 17.9 Å². The van der Waals surface area contributed by atoms with Crippen LogP contribution in [0.3, 0.4) is 0 Å². The molecule has 3 aromatic rings. The summed E-state index contributed by atoms with van der Waals surface area (Å²) in [5.41, 5.74) is 3.04. The predicted molar refractivity (Wildman–Crippen MR) is 282 cm³/mol. The largest absolute Gasteiger partial charge is 0.458 e. The number of aliphatic imine (C=N–C) groups is 6. The lowest BCUT2D eigenvalue weighted by atomic mass is 9.70. The van der Waals surface area contributed by atoms with Crippen molar-refractivity contribution in [1.29, 1.82) is 0 Å². The molecule has 0 aromatic heterocycles. The first-order valence-electron chi connectivity index (χ1n) is 26.2. The molecule has 3 heterocycles. The summed E-state index contributed by atoms with van der Waals surface area (Å²) in [5, 5.41) is 9.81. The zero-order valence-electron chi connectivity index (χ0n) is 43.3. The second-order valence-electron chi connectivity index (χ2n) is 25.1. The maximum Gasteiger partial charge on any atom is 0.338 e. The molecule has 380 valence electrons. The highest BCUT2D eigenvalue weighted by molar-refractivity contribution is 6.32. The second kappa shape index (κ2) is 16.4. The van der Waals surface area contributed by atoms with Crippen molar-refractivity contribution in [3.8, 4) is 0 Å². The van der Waals surface area contributed by atoms with Gasteiger partial charge in [0.1, 0.15) is 18.3 Å². The van der Waals surface area contributed by atoms with Crippen LogP contribution in [0.25, 0.3) is 0 Å². The van der Waals surface area contributed by atoms with Crippen LogP contribution in [-0.4, -0.2) is 76.9 Å². The standard InChI is InChI=1S/C57H66N10O6/c1-52(2)34-22-25-55(7,28-34)43(52)71-40(68)31-10-16-37(17-11-31)58-46-61-49-63-47(59-38-18-12-32(13-19-38)41(69)72-44-53(3,4)35-23-26-56(44,8)29-35)65-51-66-48(64-50(62-46)67(49)51)60-39-20-14-33(15-21-39)42(70)73-45-54(5,6)36-24-27-57(45,9)30-36/h10-21,34-36,43-45H,22-30H2,1-9H3,(H3,58,59,60,61,62,63,64,65,66). The van der Waals surface area contributed by atoms with Crippen LogP contribution in [-0.2, 0) is 14.2 Å². The lowest BCUT2D eigenvalue weighted by Gasteiger charge is -2.41. The van der Waals surface area contributed by atoms with Gasteiger partial charge in [0.25, 0.3) is 0 Å². The van der Waals surface area contributed by atoms with Gasteiger partial charge in [-0.2, -0.15) is 30.0 Å². The minimum atomic E-state index is -0.337. The number of carbonyl (C=O) groups excluding carboxylic acids is 3. The second-order valence-corrected chi connectivity index (χ2v) is 25.1. The number of ether oxygens (including phenoxy) is 3. The van der Waals surface area contributed by atoms with Crippen LogP contribution in [0.4, 0.5) is 17.1 Å². The Balaban J connectivity index is 0.781. The zero-order chi connectivity index (χ0) is 51.0. The molecule has 73 heavy (non-hydrogen) atoms. The molecule has 9 unspecified atom stereocenters. The first kappa shape index (κ1) is 47.3. The van der Waals surface area contributed by atoms with Gasteiger partial charge in [-0.05, 0) is 148 Å². The lowest BCUT2D eigenvalue weighted by molar-refractivity contribution is -0.0585. The van der Waals surface area contributed by atoms with E-state index in [1.165, 1.54) is 19.3 Å². The number of guanidine groups is 6. The van der Waals surface area contributed by atoms with E-state index in [1.54, 1.807) is 77.7 Å². The van der Waals surface area contributed by atoms with Crippen molar-refractivity contribution in [3.05, 3.63) is 89.5 Å². The molecule has 3 N–H and O–H groups in total. The fourth-order valence-electron chi connectivity index (χ4n) is 15.1. The van der Waals surface area contributed by atoms with Crippen molar-refractivity contribution in [1.82, 2.24) is 4.90 Å². The topological polar surface area (TPSA) is 192 Å². The Morgan fingerprint density at radius 2 is 0.685 bits per heavy atom. The van der Waals surface area contributed by atoms with Crippen LogP contribution >= 0.6 is 0 Å². The maximum absolute atomic E-state index is 13.5.